The van der Waals surface area contributed by atoms with Crippen LogP contribution in [0.25, 0.3) is 10.9 Å². The molecule has 4 N–H and O–H groups in total. The Morgan fingerprint density at radius 2 is 1.88 bits per heavy atom. The van der Waals surface area contributed by atoms with Crippen molar-refractivity contribution >= 4 is 44.6 Å². The molecular weight excluding hydrogens is 502 g/mol. The van der Waals surface area contributed by atoms with E-state index in [9.17, 15) is 19.5 Å². The number of rotatable bonds is 7. The van der Waals surface area contributed by atoms with Crippen molar-refractivity contribution in [1.29, 1.82) is 0 Å². The number of pyridine rings is 1. The highest BCUT2D eigenvalue weighted by Gasteiger charge is 2.37. The van der Waals surface area contributed by atoms with Crippen LogP contribution >= 0.6 is 15.9 Å². The zero-order chi connectivity index (χ0) is 24.4. The molecule has 1 aromatic carbocycles. The molecule has 0 radical (unpaired) electrons. The van der Waals surface area contributed by atoms with Crippen molar-refractivity contribution in [3.63, 3.8) is 0 Å². The number of aliphatic hydroxyl groups excluding tert-OH is 1. The predicted molar refractivity (Wildman–Crippen MR) is 130 cm³/mol. The van der Waals surface area contributed by atoms with Crippen LogP contribution in [-0.2, 0) is 14.4 Å². The summed E-state index contributed by atoms with van der Waals surface area (Å²) in [5, 5.41) is 17.9. The van der Waals surface area contributed by atoms with Gasteiger partial charge in [0.2, 0.25) is 11.8 Å². The van der Waals surface area contributed by atoms with Gasteiger partial charge in [-0.3, -0.25) is 24.4 Å². The van der Waals surface area contributed by atoms with Crippen molar-refractivity contribution in [3.05, 3.63) is 40.5 Å². The molecule has 1 saturated carbocycles. The summed E-state index contributed by atoms with van der Waals surface area (Å²) in [5.74, 6) is -1.10. The Bertz CT molecular complexity index is 1090. The number of hydrazine groups is 1. The maximum absolute atomic E-state index is 12.9. The molecular formula is C24H30BrN5O4. The zero-order valence-electron chi connectivity index (χ0n) is 19.3. The number of carbonyl (C=O) groups is 3. The van der Waals surface area contributed by atoms with Crippen molar-refractivity contribution in [3.8, 4) is 0 Å². The summed E-state index contributed by atoms with van der Waals surface area (Å²) in [4.78, 5) is 42.6. The highest BCUT2D eigenvalue weighted by molar-refractivity contribution is 9.10. The molecule has 34 heavy (non-hydrogen) atoms. The normalized spacial score (nSPS) is 20.9. The Morgan fingerprint density at radius 3 is 2.62 bits per heavy atom. The van der Waals surface area contributed by atoms with Crippen LogP contribution in [0.4, 0.5) is 0 Å². The number of hydrogen-bond acceptors (Lipinski definition) is 6. The molecule has 1 aliphatic carbocycles. The third kappa shape index (κ3) is 5.73. The Balaban J connectivity index is 1.33. The fourth-order valence-electron chi connectivity index (χ4n) is 4.09. The zero-order valence-corrected chi connectivity index (χ0v) is 20.8. The molecule has 4 atom stereocenters. The first-order valence-electron chi connectivity index (χ1n) is 11.7. The van der Waals surface area contributed by atoms with E-state index in [1.54, 1.807) is 6.92 Å². The second kappa shape index (κ2) is 10.4. The molecule has 4 rings (SSSR count). The maximum atomic E-state index is 12.9. The van der Waals surface area contributed by atoms with Gasteiger partial charge in [-0.25, -0.2) is 5.43 Å². The summed E-state index contributed by atoms with van der Waals surface area (Å²) in [6.07, 6.45) is 1.81. The minimum Gasteiger partial charge on any atom is -0.383 e. The maximum Gasteiger partial charge on any atom is 0.258 e. The van der Waals surface area contributed by atoms with Crippen LogP contribution in [0.5, 0.6) is 0 Å². The topological polar surface area (TPSA) is 124 Å². The first-order chi connectivity index (χ1) is 16.2. The lowest BCUT2D eigenvalue weighted by Gasteiger charge is -2.35. The first kappa shape index (κ1) is 24.6. The molecule has 0 bridgehead atoms. The van der Waals surface area contributed by atoms with E-state index in [-0.39, 0.29) is 23.8 Å². The Morgan fingerprint density at radius 1 is 1.15 bits per heavy atom. The second-order valence-corrected chi connectivity index (χ2v) is 10.0. The number of benzene rings is 1. The van der Waals surface area contributed by atoms with E-state index in [0.717, 1.165) is 33.9 Å². The molecule has 3 amide bonds. The van der Waals surface area contributed by atoms with Crippen LogP contribution in [0, 0.1) is 5.92 Å². The minimum absolute atomic E-state index is 0.0101. The van der Waals surface area contributed by atoms with Crippen LogP contribution in [0.1, 0.15) is 51.3 Å². The van der Waals surface area contributed by atoms with Crippen molar-refractivity contribution in [2.75, 3.05) is 6.54 Å². The van der Waals surface area contributed by atoms with Gasteiger partial charge in [0, 0.05) is 16.4 Å². The largest absolute Gasteiger partial charge is 0.383 e. The van der Waals surface area contributed by atoms with Crippen LogP contribution in [-0.4, -0.2) is 57.6 Å². The van der Waals surface area contributed by atoms with E-state index in [1.807, 2.05) is 37.3 Å². The Kier molecular flexibility index (Phi) is 7.49. The monoisotopic (exact) mass is 531 g/mol. The number of halogens is 1. The van der Waals surface area contributed by atoms with Crippen molar-refractivity contribution in [2.24, 2.45) is 5.92 Å². The van der Waals surface area contributed by atoms with Crippen molar-refractivity contribution in [2.45, 2.75) is 63.8 Å². The van der Waals surface area contributed by atoms with E-state index in [0.29, 0.717) is 19.4 Å². The fraction of sp³-hybridized carbons (Fsp3) is 0.500. The molecule has 10 heteroatoms. The van der Waals surface area contributed by atoms with Crippen LogP contribution in [0.15, 0.2) is 34.8 Å². The molecule has 1 saturated heterocycles. The summed E-state index contributed by atoms with van der Waals surface area (Å²) in [7, 11) is 0. The summed E-state index contributed by atoms with van der Waals surface area (Å²) in [6, 6.07) is 8.04. The lowest BCUT2D eigenvalue weighted by Crippen LogP contribution is -2.61. The van der Waals surface area contributed by atoms with Crippen molar-refractivity contribution in [1.82, 2.24) is 26.1 Å². The summed E-state index contributed by atoms with van der Waals surface area (Å²) < 4.78 is 0.935. The van der Waals surface area contributed by atoms with Crippen LogP contribution in [0.2, 0.25) is 0 Å². The van der Waals surface area contributed by atoms with E-state index in [4.69, 9.17) is 0 Å². The van der Waals surface area contributed by atoms with Crippen LogP contribution in [0.3, 0.4) is 0 Å². The van der Waals surface area contributed by atoms with Gasteiger partial charge in [-0.1, -0.05) is 28.1 Å². The molecule has 1 aromatic heterocycles. The van der Waals surface area contributed by atoms with Gasteiger partial charge in [-0.2, -0.15) is 0 Å². The van der Waals surface area contributed by atoms with Gasteiger partial charge in [-0.15, -0.1) is 0 Å². The fourth-order valence-corrected chi connectivity index (χ4v) is 4.44. The van der Waals surface area contributed by atoms with E-state index in [1.165, 1.54) is 5.01 Å². The number of aromatic nitrogens is 1. The molecule has 0 spiro atoms. The molecule has 2 aliphatic rings. The average molecular weight is 532 g/mol. The Labute approximate surface area is 206 Å². The summed E-state index contributed by atoms with van der Waals surface area (Å²) >= 11 is 3.46. The molecule has 2 fully saturated rings. The third-order valence-corrected chi connectivity index (χ3v) is 6.81. The van der Waals surface area contributed by atoms with Gasteiger partial charge in [0.1, 0.15) is 18.2 Å². The van der Waals surface area contributed by atoms with Crippen LogP contribution < -0.4 is 16.1 Å². The Hall–Kier alpha value is -2.56. The number of nitrogens with one attached hydrogen (secondary N) is 3. The lowest BCUT2D eigenvalue weighted by atomic mass is 10.1. The molecule has 1 aliphatic heterocycles. The quantitative estimate of drug-likeness (QED) is 0.432. The number of amides is 3. The second-order valence-electron chi connectivity index (χ2n) is 9.13. The minimum atomic E-state index is -1.07. The van der Waals surface area contributed by atoms with Gasteiger partial charge >= 0.3 is 0 Å². The van der Waals surface area contributed by atoms with Gasteiger partial charge < -0.3 is 15.7 Å². The lowest BCUT2D eigenvalue weighted by molar-refractivity contribution is -0.144. The molecule has 2 aromatic rings. The smallest absolute Gasteiger partial charge is 0.258 e. The predicted octanol–water partition coefficient (Wildman–Crippen LogP) is 1.95. The third-order valence-electron chi connectivity index (χ3n) is 6.31. The number of aliphatic hydroxyl groups is 1. The highest BCUT2D eigenvalue weighted by Crippen LogP contribution is 2.32. The SMILES string of the molecule is CC(NC(=O)C(O)C1CC1)C(=O)N1CCCC(C(=O)NC(C)c2ccc3ccc(Br)cc3n2)N1. The van der Waals surface area contributed by atoms with Gasteiger partial charge in [0.25, 0.3) is 5.91 Å². The number of nitrogens with zero attached hydrogens (tertiary/aromatic N) is 2. The molecule has 4 unspecified atom stereocenters. The first-order valence-corrected chi connectivity index (χ1v) is 12.4. The number of carbonyl (C=O) groups excluding carboxylic acids is 3. The highest BCUT2D eigenvalue weighted by atomic mass is 79.9. The number of hydrogen-bond donors (Lipinski definition) is 4. The summed E-state index contributed by atoms with van der Waals surface area (Å²) in [5.41, 5.74) is 4.58. The molecule has 182 valence electrons. The average Bonchev–Trinajstić information content (AvgIpc) is 3.68. The number of fused-ring (bicyclic) bond motifs is 1. The molecule has 2 heterocycles. The van der Waals surface area contributed by atoms with E-state index < -0.39 is 24.1 Å². The molecule has 9 nitrogen and oxygen atoms in total. The van der Waals surface area contributed by atoms with Gasteiger partial charge in [0.15, 0.2) is 0 Å². The van der Waals surface area contributed by atoms with E-state index >= 15 is 0 Å². The van der Waals surface area contributed by atoms with E-state index in [2.05, 4.69) is 37.0 Å². The summed E-state index contributed by atoms with van der Waals surface area (Å²) in [6.45, 7) is 3.89. The van der Waals surface area contributed by atoms with Gasteiger partial charge in [0.05, 0.1) is 17.3 Å². The van der Waals surface area contributed by atoms with Gasteiger partial charge in [-0.05, 0) is 63.6 Å². The standard InChI is InChI=1S/C24H30BrN5O4/c1-13(18-10-8-15-7-9-17(25)12-20(15)28-18)26-22(32)19-4-3-11-30(29-19)24(34)14(2)27-23(33)21(31)16-5-6-16/h7-10,12-14,16,19,21,29,31H,3-6,11H2,1-2H3,(H,26,32)(H,27,33). The van der Waals surface area contributed by atoms with Crippen molar-refractivity contribution < 1.29 is 19.5 Å².